The van der Waals surface area contributed by atoms with Gasteiger partial charge in [-0.05, 0) is 43.9 Å². The van der Waals surface area contributed by atoms with Crippen LogP contribution in [0.1, 0.15) is 36.5 Å². The fourth-order valence-electron chi connectivity index (χ4n) is 2.23. The van der Waals surface area contributed by atoms with E-state index in [0.717, 1.165) is 12.8 Å². The van der Waals surface area contributed by atoms with Gasteiger partial charge in [-0.25, -0.2) is 9.59 Å². The summed E-state index contributed by atoms with van der Waals surface area (Å²) in [6.45, 7) is 1.97. The van der Waals surface area contributed by atoms with Crippen LogP contribution >= 0.6 is 15.9 Å². The van der Waals surface area contributed by atoms with Crippen molar-refractivity contribution < 1.29 is 14.7 Å². The Labute approximate surface area is 125 Å². The van der Waals surface area contributed by atoms with E-state index in [1.807, 2.05) is 6.92 Å². The molecule has 1 aromatic rings. The molecule has 3 N–H and O–H groups in total. The number of benzene rings is 1. The van der Waals surface area contributed by atoms with E-state index in [0.29, 0.717) is 10.4 Å². The molecule has 5 nitrogen and oxygen atoms in total. The van der Waals surface area contributed by atoms with E-state index in [2.05, 4.69) is 26.6 Å². The molecule has 0 bridgehead atoms. The van der Waals surface area contributed by atoms with Gasteiger partial charge in [0.25, 0.3) is 0 Å². The third-order valence-corrected chi connectivity index (χ3v) is 4.17. The molecule has 0 heterocycles. The Balaban J connectivity index is 2.03. The van der Waals surface area contributed by atoms with Crippen molar-refractivity contribution in [1.29, 1.82) is 0 Å². The van der Waals surface area contributed by atoms with Crippen molar-refractivity contribution in [2.24, 2.45) is 5.92 Å². The maximum atomic E-state index is 11.9. The first-order valence-electron chi connectivity index (χ1n) is 6.57. The van der Waals surface area contributed by atoms with Crippen molar-refractivity contribution >= 4 is 33.6 Å². The van der Waals surface area contributed by atoms with Crippen molar-refractivity contribution in [2.75, 3.05) is 5.32 Å². The molecule has 0 radical (unpaired) electrons. The second-order valence-electron chi connectivity index (χ2n) is 5.07. The molecule has 108 valence electrons. The number of hydrogen-bond donors (Lipinski definition) is 3. The molecule has 1 fully saturated rings. The number of anilines is 1. The molecule has 1 aliphatic carbocycles. The molecule has 1 atom stereocenters. The van der Waals surface area contributed by atoms with Gasteiger partial charge in [0.2, 0.25) is 0 Å². The molecule has 1 saturated carbocycles. The molecular weight excluding hydrogens is 324 g/mol. The summed E-state index contributed by atoms with van der Waals surface area (Å²) in [7, 11) is 0. The van der Waals surface area contributed by atoms with Gasteiger partial charge in [-0.2, -0.15) is 0 Å². The lowest BCUT2D eigenvalue weighted by molar-refractivity contribution is 0.0698. The lowest BCUT2D eigenvalue weighted by Gasteiger charge is -2.31. The monoisotopic (exact) mass is 340 g/mol. The van der Waals surface area contributed by atoms with Gasteiger partial charge in [-0.15, -0.1) is 0 Å². The maximum Gasteiger partial charge on any atom is 0.337 e. The summed E-state index contributed by atoms with van der Waals surface area (Å²) >= 11 is 3.27. The highest BCUT2D eigenvalue weighted by Gasteiger charge is 2.25. The van der Waals surface area contributed by atoms with Gasteiger partial charge in [0, 0.05) is 10.5 Å². The number of rotatable bonds is 4. The molecule has 0 spiro atoms. The van der Waals surface area contributed by atoms with E-state index in [-0.39, 0.29) is 23.3 Å². The Hall–Kier alpha value is -1.56. The lowest BCUT2D eigenvalue weighted by Crippen LogP contribution is -2.42. The van der Waals surface area contributed by atoms with Gasteiger partial charge in [-0.3, -0.25) is 0 Å². The number of halogens is 1. The normalized spacial score (nSPS) is 16.1. The van der Waals surface area contributed by atoms with Gasteiger partial charge in [0.05, 0.1) is 11.3 Å². The van der Waals surface area contributed by atoms with Crippen LogP contribution in [0, 0.1) is 5.92 Å². The second-order valence-corrected chi connectivity index (χ2v) is 5.99. The zero-order valence-electron chi connectivity index (χ0n) is 11.1. The Bertz CT molecular complexity index is 529. The van der Waals surface area contributed by atoms with Crippen molar-refractivity contribution in [3.63, 3.8) is 0 Å². The van der Waals surface area contributed by atoms with Crippen LogP contribution in [0.3, 0.4) is 0 Å². The maximum absolute atomic E-state index is 11.9. The number of amides is 2. The number of carbonyl (C=O) groups excluding carboxylic acids is 1. The fourth-order valence-corrected chi connectivity index (χ4v) is 2.59. The van der Waals surface area contributed by atoms with Crippen LogP contribution in [0.25, 0.3) is 0 Å². The summed E-state index contributed by atoms with van der Waals surface area (Å²) in [6.07, 6.45) is 3.49. The van der Waals surface area contributed by atoms with Crippen LogP contribution in [-0.4, -0.2) is 23.1 Å². The molecule has 2 amide bonds. The van der Waals surface area contributed by atoms with Gasteiger partial charge in [0.1, 0.15) is 0 Å². The SMILES string of the molecule is CC(NC(=O)Nc1cc(Br)ccc1C(=O)O)C1CCC1. The number of carboxylic acids is 1. The number of carboxylic acid groups (broad SMARTS) is 1. The minimum atomic E-state index is -1.07. The largest absolute Gasteiger partial charge is 0.478 e. The number of nitrogens with one attached hydrogen (secondary N) is 2. The van der Waals surface area contributed by atoms with E-state index in [1.165, 1.54) is 12.5 Å². The zero-order chi connectivity index (χ0) is 14.7. The molecule has 2 rings (SSSR count). The quantitative estimate of drug-likeness (QED) is 0.785. The number of urea groups is 1. The number of hydrogen-bond acceptors (Lipinski definition) is 2. The zero-order valence-corrected chi connectivity index (χ0v) is 12.7. The smallest absolute Gasteiger partial charge is 0.337 e. The second kappa shape index (κ2) is 6.26. The van der Waals surface area contributed by atoms with Gasteiger partial charge >= 0.3 is 12.0 Å². The Morgan fingerprint density at radius 1 is 1.40 bits per heavy atom. The molecule has 1 unspecified atom stereocenters. The topological polar surface area (TPSA) is 78.4 Å². The summed E-state index contributed by atoms with van der Waals surface area (Å²) in [5, 5.41) is 14.6. The molecule has 20 heavy (non-hydrogen) atoms. The van der Waals surface area contributed by atoms with E-state index in [9.17, 15) is 9.59 Å². The third-order valence-electron chi connectivity index (χ3n) is 3.68. The van der Waals surface area contributed by atoms with Crippen molar-refractivity contribution in [1.82, 2.24) is 5.32 Å². The van der Waals surface area contributed by atoms with Crippen molar-refractivity contribution in [3.8, 4) is 0 Å². The molecule has 1 aromatic carbocycles. The molecule has 0 aliphatic heterocycles. The van der Waals surface area contributed by atoms with Gasteiger partial charge in [-0.1, -0.05) is 22.4 Å². The van der Waals surface area contributed by atoms with Crippen molar-refractivity contribution in [3.05, 3.63) is 28.2 Å². The van der Waals surface area contributed by atoms with E-state index < -0.39 is 5.97 Å². The summed E-state index contributed by atoms with van der Waals surface area (Å²) in [5.74, 6) is -0.540. The Kier molecular flexibility index (Phi) is 4.65. The number of carbonyl (C=O) groups is 2. The number of aromatic carboxylic acids is 1. The van der Waals surface area contributed by atoms with Crippen LogP contribution in [0.4, 0.5) is 10.5 Å². The Morgan fingerprint density at radius 2 is 2.10 bits per heavy atom. The van der Waals surface area contributed by atoms with Gasteiger partial charge in [0.15, 0.2) is 0 Å². The standard InChI is InChI=1S/C14H17BrN2O3/c1-8(9-3-2-4-9)16-14(20)17-12-7-10(15)5-6-11(12)13(18)19/h5-9H,2-4H2,1H3,(H,18,19)(H2,16,17,20). The predicted octanol–water partition coefficient (Wildman–Crippen LogP) is 3.46. The van der Waals surface area contributed by atoms with Crippen LogP contribution in [0.5, 0.6) is 0 Å². The molecule has 6 heteroatoms. The van der Waals surface area contributed by atoms with Crippen LogP contribution in [0.15, 0.2) is 22.7 Å². The van der Waals surface area contributed by atoms with Crippen molar-refractivity contribution in [2.45, 2.75) is 32.2 Å². The molecular formula is C14H17BrN2O3. The highest BCUT2D eigenvalue weighted by molar-refractivity contribution is 9.10. The van der Waals surface area contributed by atoms with E-state index in [4.69, 9.17) is 5.11 Å². The minimum absolute atomic E-state index is 0.0691. The third kappa shape index (κ3) is 3.50. The molecule has 0 aromatic heterocycles. The average molecular weight is 341 g/mol. The van der Waals surface area contributed by atoms with Crippen LogP contribution in [-0.2, 0) is 0 Å². The summed E-state index contributed by atoms with van der Waals surface area (Å²) in [5.41, 5.74) is 0.352. The average Bonchev–Trinajstić information content (AvgIpc) is 2.25. The van der Waals surface area contributed by atoms with E-state index >= 15 is 0 Å². The highest BCUT2D eigenvalue weighted by atomic mass is 79.9. The summed E-state index contributed by atoms with van der Waals surface area (Å²) in [6, 6.07) is 4.40. The van der Waals surface area contributed by atoms with E-state index in [1.54, 1.807) is 12.1 Å². The molecule has 0 saturated heterocycles. The molecule has 1 aliphatic rings. The fraction of sp³-hybridized carbons (Fsp3) is 0.429. The summed E-state index contributed by atoms with van der Waals surface area (Å²) < 4.78 is 0.713. The minimum Gasteiger partial charge on any atom is -0.478 e. The predicted molar refractivity (Wildman–Crippen MR) is 80.1 cm³/mol. The summed E-state index contributed by atoms with van der Waals surface area (Å²) in [4.78, 5) is 23.0. The first-order valence-corrected chi connectivity index (χ1v) is 7.37. The highest BCUT2D eigenvalue weighted by Crippen LogP contribution is 2.29. The van der Waals surface area contributed by atoms with Gasteiger partial charge < -0.3 is 15.7 Å². The lowest BCUT2D eigenvalue weighted by atomic mass is 9.80. The van der Waals surface area contributed by atoms with Crippen LogP contribution < -0.4 is 10.6 Å². The first-order chi connectivity index (χ1) is 9.47. The Morgan fingerprint density at radius 3 is 2.65 bits per heavy atom. The first kappa shape index (κ1) is 14.8. The van der Waals surface area contributed by atoms with Crippen LogP contribution in [0.2, 0.25) is 0 Å².